The minimum Gasteiger partial charge on any atom is -0.338 e. The third-order valence-electron chi connectivity index (χ3n) is 9.59. The second-order valence-electron chi connectivity index (χ2n) is 14.9. The molecule has 4 amide bonds. The number of amides is 4. The van der Waals surface area contributed by atoms with E-state index in [9.17, 15) is 14.4 Å². The number of rotatable bonds is 35. The molecule has 0 saturated heterocycles. The number of hydrogen-bond donors (Lipinski definition) is 1. The predicted molar refractivity (Wildman–Crippen MR) is 229 cm³/mol. The van der Waals surface area contributed by atoms with Gasteiger partial charge < -0.3 is 15.1 Å². The van der Waals surface area contributed by atoms with Gasteiger partial charge in [0.15, 0.2) is 0 Å². The van der Waals surface area contributed by atoms with Crippen LogP contribution in [-0.2, 0) is 9.59 Å². The summed E-state index contributed by atoms with van der Waals surface area (Å²) in [7, 11) is 3.97. The first kappa shape index (κ1) is 50.3. The van der Waals surface area contributed by atoms with Crippen molar-refractivity contribution in [2.24, 2.45) is 0 Å². The average Bonchev–Trinajstić information content (AvgIpc) is 3.15. The predicted octanol–water partition coefficient (Wildman–Crippen LogP) is 12.0. The van der Waals surface area contributed by atoms with Gasteiger partial charge in [-0.2, -0.15) is 0 Å². The first-order valence-electron chi connectivity index (χ1n) is 22.0. The van der Waals surface area contributed by atoms with Crippen molar-refractivity contribution in [1.82, 2.24) is 20.0 Å². The third kappa shape index (κ3) is 32.5. The highest BCUT2D eigenvalue weighted by Gasteiger charge is 2.29. The van der Waals surface area contributed by atoms with Crippen molar-refractivity contribution in [3.05, 3.63) is 48.6 Å². The first-order chi connectivity index (χ1) is 25.9. The minimum atomic E-state index is -0.710. The molecule has 0 aromatic heterocycles. The molecular weight excluding hydrogens is 657 g/mol. The van der Waals surface area contributed by atoms with Crippen LogP contribution < -0.4 is 5.32 Å². The van der Waals surface area contributed by atoms with E-state index < -0.39 is 17.8 Å². The van der Waals surface area contributed by atoms with Crippen molar-refractivity contribution in [2.75, 3.05) is 46.8 Å². The molecule has 0 atom stereocenters. The lowest BCUT2D eigenvalue weighted by Crippen LogP contribution is -2.51. The van der Waals surface area contributed by atoms with E-state index in [-0.39, 0.29) is 6.54 Å². The van der Waals surface area contributed by atoms with E-state index >= 15 is 0 Å². The molecule has 0 aliphatic carbocycles. The fraction of sp³-hybridized carbons (Fsp3) is 0.761. The summed E-state index contributed by atoms with van der Waals surface area (Å²) in [5.74, 6) is -1.25. The van der Waals surface area contributed by atoms with Crippen molar-refractivity contribution < 1.29 is 14.4 Å². The SMILES string of the molecule is CCCCC/C=C\C/C=C\CCCCCCCCN(CCCCCCCC/C=C\C/C=C\CCCCC)C(=O)C(=O)N(CC)C(=O)NCCCN(C)C. The smallest absolute Gasteiger partial charge is 0.324 e. The van der Waals surface area contributed by atoms with Crippen LogP contribution in [0.1, 0.15) is 181 Å². The van der Waals surface area contributed by atoms with E-state index in [4.69, 9.17) is 0 Å². The van der Waals surface area contributed by atoms with Crippen LogP contribution in [0.5, 0.6) is 0 Å². The Labute approximate surface area is 328 Å². The topological polar surface area (TPSA) is 73.0 Å². The van der Waals surface area contributed by atoms with Gasteiger partial charge in [-0.15, -0.1) is 0 Å². The molecule has 0 saturated carbocycles. The van der Waals surface area contributed by atoms with Gasteiger partial charge in [-0.1, -0.05) is 140 Å². The molecule has 7 heteroatoms. The molecule has 0 spiro atoms. The number of nitrogens with zero attached hydrogens (tertiary/aromatic N) is 3. The van der Waals surface area contributed by atoms with Gasteiger partial charge in [-0.05, 0) is 111 Å². The summed E-state index contributed by atoms with van der Waals surface area (Å²) in [5, 5.41) is 2.82. The zero-order valence-corrected chi connectivity index (χ0v) is 35.4. The highest BCUT2D eigenvalue weighted by molar-refractivity contribution is 6.37. The largest absolute Gasteiger partial charge is 0.338 e. The van der Waals surface area contributed by atoms with Gasteiger partial charge in [-0.3, -0.25) is 14.5 Å². The molecule has 0 bridgehead atoms. The summed E-state index contributed by atoms with van der Waals surface area (Å²) in [6.07, 6.45) is 47.1. The summed E-state index contributed by atoms with van der Waals surface area (Å²) in [5.41, 5.74) is 0. The van der Waals surface area contributed by atoms with Crippen LogP contribution in [0.2, 0.25) is 0 Å². The molecule has 0 fully saturated rings. The zero-order chi connectivity index (χ0) is 39.0. The normalized spacial score (nSPS) is 12.0. The summed E-state index contributed by atoms with van der Waals surface area (Å²) in [6.45, 7) is 8.87. The summed E-state index contributed by atoms with van der Waals surface area (Å²) in [4.78, 5) is 44.4. The Kier molecular flexibility index (Phi) is 37.1. The van der Waals surface area contributed by atoms with Gasteiger partial charge in [0, 0.05) is 26.2 Å². The maximum absolute atomic E-state index is 13.5. The fourth-order valence-corrected chi connectivity index (χ4v) is 6.21. The molecule has 0 radical (unpaired) electrons. The molecule has 53 heavy (non-hydrogen) atoms. The lowest BCUT2D eigenvalue weighted by molar-refractivity contribution is -0.150. The zero-order valence-electron chi connectivity index (χ0n) is 35.4. The molecule has 0 aliphatic heterocycles. The van der Waals surface area contributed by atoms with Crippen LogP contribution in [0.4, 0.5) is 4.79 Å². The van der Waals surface area contributed by atoms with E-state index in [2.05, 4.69) is 72.7 Å². The Morgan fingerprint density at radius 3 is 1.25 bits per heavy atom. The molecule has 7 nitrogen and oxygen atoms in total. The van der Waals surface area contributed by atoms with Gasteiger partial charge >= 0.3 is 17.8 Å². The third-order valence-corrected chi connectivity index (χ3v) is 9.59. The van der Waals surface area contributed by atoms with Crippen LogP contribution in [0.25, 0.3) is 0 Å². The van der Waals surface area contributed by atoms with E-state index in [1.807, 2.05) is 14.1 Å². The molecule has 306 valence electrons. The van der Waals surface area contributed by atoms with Crippen LogP contribution in [0, 0.1) is 0 Å². The Morgan fingerprint density at radius 1 is 0.453 bits per heavy atom. The molecule has 0 unspecified atom stereocenters. The van der Waals surface area contributed by atoms with Crippen molar-refractivity contribution >= 4 is 17.8 Å². The first-order valence-corrected chi connectivity index (χ1v) is 22.0. The average molecular weight is 741 g/mol. The number of urea groups is 1. The summed E-state index contributed by atoms with van der Waals surface area (Å²) < 4.78 is 0. The molecule has 0 aromatic rings. The number of likely N-dealkylation sites (N-methyl/N-ethyl adjacent to an activating group) is 1. The number of unbranched alkanes of at least 4 members (excludes halogenated alkanes) is 18. The maximum Gasteiger partial charge on any atom is 0.324 e. The van der Waals surface area contributed by atoms with Crippen molar-refractivity contribution in [3.63, 3.8) is 0 Å². The van der Waals surface area contributed by atoms with Crippen LogP contribution in [0.15, 0.2) is 48.6 Å². The van der Waals surface area contributed by atoms with Gasteiger partial charge in [0.1, 0.15) is 0 Å². The Hall–Kier alpha value is -2.67. The highest BCUT2D eigenvalue weighted by atomic mass is 16.2. The number of carbonyl (C=O) groups is 3. The molecule has 1 N–H and O–H groups in total. The molecule has 0 aromatic carbocycles. The van der Waals surface area contributed by atoms with Gasteiger partial charge in [0.05, 0.1) is 0 Å². The number of carbonyl (C=O) groups excluding carboxylic acids is 3. The van der Waals surface area contributed by atoms with Gasteiger partial charge in [0.25, 0.3) is 0 Å². The van der Waals surface area contributed by atoms with Crippen LogP contribution in [-0.4, -0.2) is 79.4 Å². The molecule has 0 heterocycles. The number of imide groups is 1. The number of allylic oxidation sites excluding steroid dienone is 8. The molecular formula is C46H84N4O3. The highest BCUT2D eigenvalue weighted by Crippen LogP contribution is 2.12. The minimum absolute atomic E-state index is 0.174. The van der Waals surface area contributed by atoms with Gasteiger partial charge in [0.2, 0.25) is 0 Å². The molecule has 0 aliphatic rings. The lowest BCUT2D eigenvalue weighted by atomic mass is 10.1. The Bertz CT molecular complexity index is 939. The number of nitrogens with one attached hydrogen (secondary N) is 1. The monoisotopic (exact) mass is 741 g/mol. The standard InChI is InChI=1S/C46H84N4O3/c1-6-9-11-13-15-17-19-21-23-25-27-29-31-33-35-37-42-49(44(51)45(52)50(8-3)46(53)47-40-39-41-48(4)5)43-38-36-34-32-30-28-26-24-22-20-18-16-14-12-10-7-2/h15-18,21-24H,6-14,19-20,25-43H2,1-5H3,(H,47,53)/b17-15-,18-16-,23-21-,24-22-. The van der Waals surface area contributed by atoms with E-state index in [1.54, 1.807) is 11.8 Å². The van der Waals surface area contributed by atoms with Crippen LogP contribution >= 0.6 is 0 Å². The maximum atomic E-state index is 13.5. The molecule has 0 rings (SSSR count). The van der Waals surface area contributed by atoms with Crippen LogP contribution in [0.3, 0.4) is 0 Å². The van der Waals surface area contributed by atoms with Crippen molar-refractivity contribution in [3.8, 4) is 0 Å². The number of hydrogen-bond acceptors (Lipinski definition) is 4. The Balaban J connectivity index is 4.62. The summed E-state index contributed by atoms with van der Waals surface area (Å²) >= 11 is 0. The lowest BCUT2D eigenvalue weighted by Gasteiger charge is -2.26. The van der Waals surface area contributed by atoms with Crippen molar-refractivity contribution in [2.45, 2.75) is 181 Å². The fourth-order valence-electron chi connectivity index (χ4n) is 6.21. The van der Waals surface area contributed by atoms with E-state index in [0.29, 0.717) is 19.6 Å². The van der Waals surface area contributed by atoms with E-state index in [1.165, 1.54) is 89.9 Å². The van der Waals surface area contributed by atoms with E-state index in [0.717, 1.165) is 82.1 Å². The quantitative estimate of drug-likeness (QED) is 0.0399. The Morgan fingerprint density at radius 2 is 0.849 bits per heavy atom. The second-order valence-corrected chi connectivity index (χ2v) is 14.9. The van der Waals surface area contributed by atoms with Gasteiger partial charge in [-0.25, -0.2) is 4.79 Å². The second kappa shape index (κ2) is 39.0. The van der Waals surface area contributed by atoms with Crippen molar-refractivity contribution in [1.29, 1.82) is 0 Å². The summed E-state index contributed by atoms with van der Waals surface area (Å²) in [6, 6.07) is -0.480.